The van der Waals surface area contributed by atoms with E-state index in [1.807, 2.05) is 0 Å². The average Bonchev–Trinajstić information content (AvgIpc) is 3.20. The van der Waals surface area contributed by atoms with Crippen LogP contribution in [0.15, 0.2) is 0 Å². The molecule has 4 saturated carbocycles. The van der Waals surface area contributed by atoms with E-state index in [1.54, 1.807) is 0 Å². The van der Waals surface area contributed by atoms with Gasteiger partial charge in [0.2, 0.25) is 0 Å². The second-order valence-corrected chi connectivity index (χ2v) is 33.4. The maximum Gasteiger partial charge on any atom is 0.184 e. The molecule has 0 bridgehead atoms. The fraction of sp³-hybridized carbons (Fsp3) is 1.00. The maximum absolute atomic E-state index is 13.1. The van der Waals surface area contributed by atoms with Crippen molar-refractivity contribution in [3.63, 3.8) is 0 Å². The quantitative estimate of drug-likeness (QED) is 0.223. The highest BCUT2D eigenvalue weighted by atomic mass is 28.4. The van der Waals surface area contributed by atoms with Crippen LogP contribution in [0.3, 0.4) is 0 Å². The normalized spacial score (nSPS) is 42.9. The Bertz CT molecular complexity index is 985. The first-order valence-electron chi connectivity index (χ1n) is 18.7. The Kier molecular flexibility index (Phi) is 10.8. The number of hydrogen-bond acceptors (Lipinski definition) is 4. The molecule has 0 saturated heterocycles. The lowest BCUT2D eigenvalue weighted by Crippen LogP contribution is -2.71. The zero-order valence-electron chi connectivity index (χ0n) is 31.8. The van der Waals surface area contributed by atoms with Crippen LogP contribution in [-0.2, 0) is 13.3 Å². The molecule has 0 amide bonds. The van der Waals surface area contributed by atoms with Crippen LogP contribution < -0.4 is 0 Å². The Morgan fingerprint density at radius 2 is 1.27 bits per heavy atom. The van der Waals surface area contributed by atoms with E-state index in [0.29, 0.717) is 23.7 Å². The van der Waals surface area contributed by atoms with Crippen LogP contribution in [0.2, 0.25) is 58.9 Å². The summed E-state index contributed by atoms with van der Waals surface area (Å²) in [6, 6.07) is 0. The van der Waals surface area contributed by atoms with Crippen molar-refractivity contribution >= 4 is 25.0 Å². The largest absolute Gasteiger partial charge is 0.415 e. The summed E-state index contributed by atoms with van der Waals surface area (Å²) in [6.07, 6.45) is 10.5. The molecule has 0 heterocycles. The molecule has 7 heteroatoms. The summed E-state index contributed by atoms with van der Waals surface area (Å²) in [6.45, 7) is 35.9. The highest BCUT2D eigenvalue weighted by Gasteiger charge is 2.70. The van der Waals surface area contributed by atoms with E-state index in [9.17, 15) is 5.11 Å². The zero-order valence-corrected chi connectivity index (χ0v) is 34.8. The van der Waals surface area contributed by atoms with Gasteiger partial charge in [0.05, 0.1) is 17.8 Å². The van der Waals surface area contributed by atoms with Crippen molar-refractivity contribution in [1.29, 1.82) is 0 Å². The van der Waals surface area contributed by atoms with E-state index in [2.05, 4.69) is 100 Å². The second-order valence-electron chi connectivity index (χ2n) is 20.0. The Morgan fingerprint density at radius 3 is 1.82 bits per heavy atom. The van der Waals surface area contributed by atoms with Gasteiger partial charge >= 0.3 is 0 Å². The van der Waals surface area contributed by atoms with Crippen molar-refractivity contribution in [2.24, 2.45) is 52.3 Å². The third-order valence-corrected chi connectivity index (χ3v) is 16.4. The third-order valence-electron chi connectivity index (χ3n) is 13.3. The van der Waals surface area contributed by atoms with Crippen molar-refractivity contribution in [2.75, 3.05) is 0 Å². The molecule has 4 aliphatic carbocycles. The number of aliphatic hydroxyl groups is 1. The molecule has 12 atom stereocenters. The Hall–Kier alpha value is 0.491. The summed E-state index contributed by atoms with van der Waals surface area (Å²) in [5, 5.41) is 13.1. The van der Waals surface area contributed by atoms with Crippen LogP contribution in [0.1, 0.15) is 99.3 Å². The van der Waals surface area contributed by atoms with Gasteiger partial charge in [0.1, 0.15) is 0 Å². The van der Waals surface area contributed by atoms with Crippen LogP contribution in [0.5, 0.6) is 0 Å². The summed E-state index contributed by atoms with van der Waals surface area (Å²) < 4.78 is 21.2. The van der Waals surface area contributed by atoms with E-state index < -0.39 is 30.6 Å². The second kappa shape index (κ2) is 12.7. The summed E-state index contributed by atoms with van der Waals surface area (Å²) in [7, 11) is -5.41. The molecule has 4 nitrogen and oxygen atoms in total. The highest BCUT2D eigenvalue weighted by molar-refractivity contribution is 6.70. The van der Waals surface area contributed by atoms with Crippen LogP contribution in [0.4, 0.5) is 0 Å². The molecule has 0 aromatic carbocycles. The summed E-state index contributed by atoms with van der Waals surface area (Å²) in [5.74, 6) is 4.66. The minimum Gasteiger partial charge on any atom is -0.415 e. The van der Waals surface area contributed by atoms with Gasteiger partial charge in [-0.3, -0.25) is 0 Å². The Labute approximate surface area is 277 Å². The minimum atomic E-state index is -1.90. The van der Waals surface area contributed by atoms with Gasteiger partial charge in [-0.1, -0.05) is 54.4 Å². The number of fused-ring (bicyclic) bond motifs is 5. The van der Waals surface area contributed by atoms with Gasteiger partial charge in [0, 0.05) is 17.9 Å². The minimum absolute atomic E-state index is 0.101. The molecule has 0 spiro atoms. The first-order valence-corrected chi connectivity index (χ1v) is 28.9. The predicted octanol–water partition coefficient (Wildman–Crippen LogP) is 10.3. The molecule has 258 valence electrons. The molecule has 0 unspecified atom stereocenters. The summed E-state index contributed by atoms with van der Waals surface area (Å²) in [5.41, 5.74) is -0.847. The van der Waals surface area contributed by atoms with Gasteiger partial charge in [-0.15, -0.1) is 0 Å². The molecule has 4 rings (SSSR count). The van der Waals surface area contributed by atoms with Crippen molar-refractivity contribution in [3.8, 4) is 0 Å². The lowest BCUT2D eigenvalue weighted by Gasteiger charge is -2.68. The maximum atomic E-state index is 13.1. The molecule has 0 aliphatic heterocycles. The molecule has 44 heavy (non-hydrogen) atoms. The van der Waals surface area contributed by atoms with Gasteiger partial charge in [0.15, 0.2) is 25.0 Å². The van der Waals surface area contributed by atoms with Crippen LogP contribution in [0, 0.1) is 52.3 Å². The predicted molar refractivity (Wildman–Crippen MR) is 194 cm³/mol. The molecule has 4 aliphatic rings. The number of rotatable bonds is 11. The fourth-order valence-corrected chi connectivity index (χ4v) is 14.5. The summed E-state index contributed by atoms with van der Waals surface area (Å²) >= 11 is 0. The molecule has 0 radical (unpaired) electrons. The van der Waals surface area contributed by atoms with E-state index >= 15 is 0 Å². The molecule has 1 N–H and O–H groups in total. The van der Waals surface area contributed by atoms with Crippen molar-refractivity contribution < 1.29 is 18.4 Å². The number of hydrogen-bond donors (Lipinski definition) is 1. The monoisotopic (exact) mass is 666 g/mol. The van der Waals surface area contributed by atoms with Crippen molar-refractivity contribution in [2.45, 2.75) is 182 Å². The van der Waals surface area contributed by atoms with Gasteiger partial charge in [-0.2, -0.15) is 0 Å². The third kappa shape index (κ3) is 7.39. The van der Waals surface area contributed by atoms with Crippen molar-refractivity contribution in [3.05, 3.63) is 0 Å². The first-order chi connectivity index (χ1) is 19.9. The average molecular weight is 667 g/mol. The van der Waals surface area contributed by atoms with Crippen LogP contribution >= 0.6 is 0 Å². The molecular weight excluding hydrogens is 593 g/mol. The molecular formula is C37H74O4Si3. The summed E-state index contributed by atoms with van der Waals surface area (Å²) in [4.78, 5) is 0. The highest BCUT2D eigenvalue weighted by Crippen LogP contribution is 2.70. The SMILES string of the molecule is CC(C)[C@H](C)CC[C@@H](C)[C@H]1CC[C@H]2[C@@H]3C[C@@H](O[Si](C)(C)C)[C@@]4(O)C[C@@H](O[Si](C)(C)C)CC[C@]4(C)[C@H]3C[C@H](O[Si](C)(C)C)[C@]12C. The van der Waals surface area contributed by atoms with Gasteiger partial charge in [-0.05, 0) is 144 Å². The van der Waals surface area contributed by atoms with Crippen LogP contribution in [-0.4, -0.2) is 54.0 Å². The molecule has 4 fully saturated rings. The zero-order chi connectivity index (χ0) is 33.3. The molecule has 0 aromatic heterocycles. The Balaban J connectivity index is 1.73. The lowest BCUT2D eigenvalue weighted by molar-refractivity contribution is -0.269. The van der Waals surface area contributed by atoms with E-state index in [0.717, 1.165) is 49.9 Å². The lowest BCUT2D eigenvalue weighted by atomic mass is 9.41. The van der Waals surface area contributed by atoms with Gasteiger partial charge in [-0.25, -0.2) is 0 Å². The fourth-order valence-electron chi connectivity index (χ4n) is 11.0. The van der Waals surface area contributed by atoms with Crippen LogP contribution in [0.25, 0.3) is 0 Å². The topological polar surface area (TPSA) is 47.9 Å². The van der Waals surface area contributed by atoms with E-state index in [1.165, 1.54) is 25.7 Å². The van der Waals surface area contributed by atoms with Gasteiger partial charge in [0.25, 0.3) is 0 Å². The van der Waals surface area contributed by atoms with E-state index in [-0.39, 0.29) is 29.1 Å². The van der Waals surface area contributed by atoms with Crippen molar-refractivity contribution in [1.82, 2.24) is 0 Å². The molecule has 0 aromatic rings. The standard InChI is InChI=1S/C37H74O4Si3/c1-25(2)26(3)16-17-27(4)30-18-19-31-29-22-34(41-44(13,14)15)37(38)24-28(39-42(7,8)9)20-21-35(37,5)32(29)23-33(36(30,31)6)40-43(10,11)12/h25-34,38H,16-24H2,1-15H3/t26-,27-,28+,29+,30-,31+,32+,33+,34-,35-,36-,37+/m1/s1. The smallest absolute Gasteiger partial charge is 0.184 e. The van der Waals surface area contributed by atoms with Gasteiger partial charge < -0.3 is 18.4 Å². The first kappa shape index (κ1) is 37.3. The Morgan fingerprint density at radius 1 is 0.705 bits per heavy atom. The van der Waals surface area contributed by atoms with E-state index in [4.69, 9.17) is 13.3 Å².